The molecular formula is C33H34Cl2HfSi-2. The Kier molecular flexibility index (Phi) is 16.4. The van der Waals surface area contributed by atoms with Gasteiger partial charge in [0, 0.05) is 0 Å². The zero-order valence-corrected chi connectivity index (χ0v) is 27.9. The Hall–Kier alpha value is -1.97. The van der Waals surface area contributed by atoms with Crippen molar-refractivity contribution in [3.8, 4) is 22.3 Å². The summed E-state index contributed by atoms with van der Waals surface area (Å²) < 4.78 is 0. The molecule has 0 spiro atoms. The van der Waals surface area contributed by atoms with Crippen LogP contribution in [0.15, 0.2) is 127 Å². The first-order valence-electron chi connectivity index (χ1n) is 12.3. The predicted octanol–water partition coefficient (Wildman–Crippen LogP) is 2.34. The Morgan fingerprint density at radius 1 is 0.568 bits per heavy atom. The Morgan fingerprint density at radius 2 is 0.973 bits per heavy atom. The van der Waals surface area contributed by atoms with Crippen LogP contribution in [-0.4, -0.2) is 5.49 Å². The molecule has 0 saturated carbocycles. The minimum atomic E-state index is -0.0733. The molecule has 0 saturated heterocycles. The van der Waals surface area contributed by atoms with Gasteiger partial charge in [-0.15, -0.1) is 59.7 Å². The number of rotatable bonds is 5. The zero-order valence-electron chi connectivity index (χ0n) is 21.8. The standard InChI is InChI=1S/2C13H13.C7H8Si.2ClH.Hf/c2*1-2-11-6-5-9-13(10-11)12-7-3-4-8-12;1-8-7-5-3-2-4-6-7;;;/h2*3-10H,2H2,1H3;2-6H,1H3;2*1H;/q2*-1;;;;+2/p-2. The molecule has 0 aliphatic rings. The largest absolute Gasteiger partial charge is 1.00 e. The number of benzene rings is 3. The van der Waals surface area contributed by atoms with E-state index in [-0.39, 0.29) is 30.3 Å². The van der Waals surface area contributed by atoms with Gasteiger partial charge in [0.25, 0.3) is 0 Å². The van der Waals surface area contributed by atoms with Gasteiger partial charge in [-0.25, -0.2) is 0 Å². The van der Waals surface area contributed by atoms with Gasteiger partial charge in [-0.05, 0) is 12.8 Å². The molecule has 0 bridgehead atoms. The van der Waals surface area contributed by atoms with Crippen LogP contribution in [-0.2, 0) is 35.8 Å². The maximum Gasteiger partial charge on any atom is -1.00 e. The van der Waals surface area contributed by atoms with Crippen LogP contribution in [0.3, 0.4) is 0 Å². The molecule has 190 valence electrons. The number of hydrogen-bond donors (Lipinski definition) is 0. The van der Waals surface area contributed by atoms with Crippen molar-refractivity contribution in [2.45, 2.75) is 33.2 Å². The summed E-state index contributed by atoms with van der Waals surface area (Å²) in [6.07, 6.45) is 2.21. The van der Waals surface area contributed by atoms with E-state index in [4.69, 9.17) is 0 Å². The van der Waals surface area contributed by atoms with E-state index in [0.717, 1.165) is 12.8 Å². The van der Waals surface area contributed by atoms with Gasteiger partial charge in [0.15, 0.2) is 0 Å². The smallest absolute Gasteiger partial charge is 1.00 e. The van der Waals surface area contributed by atoms with Crippen molar-refractivity contribution in [3.05, 3.63) is 139 Å². The normalized spacial score (nSPS) is 9.43. The van der Waals surface area contributed by atoms with Gasteiger partial charge in [0.2, 0.25) is 0 Å². The Balaban J connectivity index is 0.000000275. The Bertz CT molecular complexity index is 1200. The van der Waals surface area contributed by atoms with Crippen LogP contribution < -0.4 is 30.0 Å². The molecule has 0 fully saturated rings. The number of aryl methyl sites for hydroxylation is 2. The van der Waals surface area contributed by atoms with Gasteiger partial charge in [-0.3, -0.25) is 0 Å². The van der Waals surface area contributed by atoms with Gasteiger partial charge >= 0.3 is 70.6 Å². The number of halogens is 2. The molecule has 4 heteroatoms. The molecule has 37 heavy (non-hydrogen) atoms. The Labute approximate surface area is 250 Å². The van der Waals surface area contributed by atoms with Crippen LogP contribution in [0.4, 0.5) is 0 Å². The first-order valence-corrected chi connectivity index (χ1v) is 19.7. The van der Waals surface area contributed by atoms with E-state index in [2.05, 4.69) is 148 Å². The molecule has 0 nitrogen and oxygen atoms in total. The molecule has 5 aromatic rings. The molecule has 5 rings (SSSR count). The summed E-state index contributed by atoms with van der Waals surface area (Å²) in [5, 5.41) is 1.58. The maximum atomic E-state index is 2.37. The fourth-order valence-corrected chi connectivity index (χ4v) is 6.25. The SMILES string of the molecule is CCc1cccc(-[c-]2cccc2)c1.CCc1cccc(-[c-]2cccc2)c1.C[Si](=[Hf+2])c1ccccc1.[Cl-].[Cl-]. The monoisotopic (exact) mass is 708 g/mol. The minimum Gasteiger partial charge on any atom is -1.00 e. The molecule has 0 unspecified atom stereocenters. The second-order valence-corrected chi connectivity index (χ2v) is 18.4. The van der Waals surface area contributed by atoms with Crippen molar-refractivity contribution in [1.82, 2.24) is 0 Å². The quantitative estimate of drug-likeness (QED) is 0.195. The zero-order chi connectivity index (χ0) is 24.9. The van der Waals surface area contributed by atoms with Crippen molar-refractivity contribution in [3.63, 3.8) is 0 Å². The van der Waals surface area contributed by atoms with Crippen LogP contribution in [0.1, 0.15) is 25.0 Å². The molecule has 0 radical (unpaired) electrons. The molecule has 0 aromatic heterocycles. The van der Waals surface area contributed by atoms with E-state index in [1.165, 1.54) is 56.4 Å². The van der Waals surface area contributed by atoms with Crippen molar-refractivity contribution in [2.24, 2.45) is 0 Å². The van der Waals surface area contributed by atoms with E-state index in [9.17, 15) is 0 Å². The minimum absolute atomic E-state index is 0. The summed E-state index contributed by atoms with van der Waals surface area (Å²) in [5.41, 5.74) is 8.01. The summed E-state index contributed by atoms with van der Waals surface area (Å²) in [4.78, 5) is 0. The van der Waals surface area contributed by atoms with Crippen molar-refractivity contribution >= 4 is 10.7 Å². The second-order valence-electron chi connectivity index (χ2n) is 8.45. The van der Waals surface area contributed by atoms with Crippen molar-refractivity contribution in [1.29, 1.82) is 0 Å². The first-order chi connectivity index (χ1) is 17.1. The summed E-state index contributed by atoms with van der Waals surface area (Å²) in [6.45, 7) is 6.74. The molecular weight excluding hydrogens is 674 g/mol. The van der Waals surface area contributed by atoms with Crippen molar-refractivity contribution < 1.29 is 47.8 Å². The van der Waals surface area contributed by atoms with E-state index in [1.54, 1.807) is 5.19 Å². The van der Waals surface area contributed by atoms with Crippen LogP contribution in [0, 0.1) is 0 Å². The van der Waals surface area contributed by atoms with Gasteiger partial charge in [0.1, 0.15) is 0 Å². The fourth-order valence-electron chi connectivity index (χ4n) is 3.76. The molecule has 0 amide bonds. The van der Waals surface area contributed by atoms with Crippen LogP contribution in [0.2, 0.25) is 6.55 Å². The van der Waals surface area contributed by atoms with Crippen LogP contribution in [0.5, 0.6) is 0 Å². The Morgan fingerprint density at radius 3 is 1.30 bits per heavy atom. The molecule has 0 heterocycles. The molecule has 5 aromatic carbocycles. The molecule has 0 aliphatic carbocycles. The van der Waals surface area contributed by atoms with Gasteiger partial charge < -0.3 is 24.8 Å². The fraction of sp³-hybridized carbons (Fsp3) is 0.152. The summed E-state index contributed by atoms with van der Waals surface area (Å²) in [6, 6.07) is 45.1. The number of hydrogen-bond acceptors (Lipinski definition) is 0. The third-order valence-electron chi connectivity index (χ3n) is 5.87. The second kappa shape index (κ2) is 18.3. The van der Waals surface area contributed by atoms with Crippen molar-refractivity contribution in [2.75, 3.05) is 0 Å². The third-order valence-corrected chi connectivity index (χ3v) is 10.2. The predicted molar refractivity (Wildman–Crippen MR) is 151 cm³/mol. The van der Waals surface area contributed by atoms with Crippen LogP contribution in [0.25, 0.3) is 22.3 Å². The van der Waals surface area contributed by atoms with E-state index >= 15 is 0 Å². The van der Waals surface area contributed by atoms with E-state index < -0.39 is 0 Å². The maximum absolute atomic E-state index is 2.37. The van der Waals surface area contributed by atoms with Gasteiger partial charge in [-0.2, -0.15) is 24.3 Å². The molecule has 0 aliphatic heterocycles. The van der Waals surface area contributed by atoms with Gasteiger partial charge in [0.05, 0.1) is 0 Å². The average Bonchev–Trinajstić information content (AvgIpc) is 3.65. The average molecular weight is 708 g/mol. The molecule has 0 N–H and O–H groups in total. The first kappa shape index (κ1) is 33.1. The van der Waals surface area contributed by atoms with Gasteiger partial charge in [-0.1, -0.05) is 60.4 Å². The summed E-state index contributed by atoms with van der Waals surface area (Å²) >= 11 is 1.36. The summed E-state index contributed by atoms with van der Waals surface area (Å²) in [5.74, 6) is 0. The third kappa shape index (κ3) is 11.1. The van der Waals surface area contributed by atoms with E-state index in [1.807, 2.05) is 0 Å². The van der Waals surface area contributed by atoms with Crippen LogP contribution >= 0.6 is 0 Å². The topological polar surface area (TPSA) is 0 Å². The molecule has 0 atom stereocenters. The van der Waals surface area contributed by atoms with E-state index in [0.29, 0.717) is 0 Å². The summed E-state index contributed by atoms with van der Waals surface area (Å²) in [7, 11) is 0.